The average Bonchev–Trinajstić information content (AvgIpc) is 3.02. The van der Waals surface area contributed by atoms with Crippen LogP contribution in [0.4, 0.5) is 0 Å². The number of rotatable bonds is 8. The molecule has 0 fully saturated rings. The minimum Gasteiger partial charge on any atom is -0.492 e. The van der Waals surface area contributed by atoms with E-state index in [4.69, 9.17) is 4.74 Å². The van der Waals surface area contributed by atoms with E-state index in [1.54, 1.807) is 4.68 Å². The summed E-state index contributed by atoms with van der Waals surface area (Å²) in [6, 6.07) is 7.67. The summed E-state index contributed by atoms with van der Waals surface area (Å²) in [5.41, 5.74) is 0.753. The van der Waals surface area contributed by atoms with Gasteiger partial charge in [-0.3, -0.25) is 4.79 Å². The SMILES string of the molecule is CCOc1ccccc1-n1nnnc1SCC(=O)N[C@@H](C)C(C)C. The van der Waals surface area contributed by atoms with Crippen molar-refractivity contribution in [1.82, 2.24) is 25.5 Å². The molecule has 1 heterocycles. The Kier molecular flexibility index (Phi) is 6.60. The molecule has 0 bridgehead atoms. The first-order chi connectivity index (χ1) is 11.5. The van der Waals surface area contributed by atoms with Gasteiger partial charge in [0.2, 0.25) is 11.1 Å². The second-order valence-corrected chi connectivity index (χ2v) is 6.61. The van der Waals surface area contributed by atoms with E-state index in [1.165, 1.54) is 11.8 Å². The Balaban J connectivity index is 2.07. The van der Waals surface area contributed by atoms with Crippen molar-refractivity contribution in [3.05, 3.63) is 24.3 Å². The molecule has 0 unspecified atom stereocenters. The van der Waals surface area contributed by atoms with Gasteiger partial charge in [-0.15, -0.1) is 5.10 Å². The number of carbonyl (C=O) groups excluding carboxylic acids is 1. The lowest BCUT2D eigenvalue weighted by Crippen LogP contribution is -2.37. The Morgan fingerprint density at radius 2 is 2.08 bits per heavy atom. The number of carbonyl (C=O) groups is 1. The number of tetrazole rings is 1. The molecular weight excluding hydrogens is 326 g/mol. The summed E-state index contributed by atoms with van der Waals surface area (Å²) in [6.07, 6.45) is 0. The van der Waals surface area contributed by atoms with E-state index in [-0.39, 0.29) is 17.7 Å². The molecule has 0 aliphatic heterocycles. The van der Waals surface area contributed by atoms with E-state index in [1.807, 2.05) is 38.1 Å². The van der Waals surface area contributed by atoms with Crippen molar-refractivity contribution in [3.8, 4) is 11.4 Å². The summed E-state index contributed by atoms with van der Waals surface area (Å²) in [5.74, 6) is 1.32. The molecule has 2 rings (SSSR count). The molecule has 0 saturated carbocycles. The summed E-state index contributed by atoms with van der Waals surface area (Å²) in [7, 11) is 0. The molecule has 8 heteroatoms. The maximum Gasteiger partial charge on any atom is 0.230 e. The lowest BCUT2D eigenvalue weighted by atomic mass is 10.1. The van der Waals surface area contributed by atoms with E-state index in [2.05, 4.69) is 34.7 Å². The van der Waals surface area contributed by atoms with Crippen LogP contribution in [0.1, 0.15) is 27.7 Å². The smallest absolute Gasteiger partial charge is 0.230 e. The van der Waals surface area contributed by atoms with Crippen molar-refractivity contribution in [2.75, 3.05) is 12.4 Å². The molecule has 130 valence electrons. The Morgan fingerprint density at radius 3 is 2.79 bits per heavy atom. The van der Waals surface area contributed by atoms with Gasteiger partial charge in [-0.25, -0.2) is 0 Å². The Labute approximate surface area is 146 Å². The number of hydrogen-bond acceptors (Lipinski definition) is 6. The highest BCUT2D eigenvalue weighted by Gasteiger charge is 2.16. The van der Waals surface area contributed by atoms with E-state index in [0.29, 0.717) is 23.4 Å². The van der Waals surface area contributed by atoms with Gasteiger partial charge in [0.15, 0.2) is 0 Å². The quantitative estimate of drug-likeness (QED) is 0.737. The molecule has 0 aliphatic carbocycles. The normalized spacial score (nSPS) is 12.2. The van der Waals surface area contributed by atoms with Gasteiger partial charge >= 0.3 is 0 Å². The Bertz CT molecular complexity index is 674. The number of para-hydroxylation sites is 2. The third-order valence-corrected chi connectivity index (χ3v) is 4.47. The highest BCUT2D eigenvalue weighted by Crippen LogP contribution is 2.25. The maximum atomic E-state index is 12.0. The van der Waals surface area contributed by atoms with Crippen LogP contribution in [0.3, 0.4) is 0 Å². The van der Waals surface area contributed by atoms with Crippen LogP contribution in [0.15, 0.2) is 29.4 Å². The predicted octanol–water partition coefficient (Wildman–Crippen LogP) is 2.31. The van der Waals surface area contributed by atoms with Gasteiger partial charge in [-0.2, -0.15) is 4.68 Å². The molecule has 0 aliphatic rings. The molecule has 1 aromatic heterocycles. The van der Waals surface area contributed by atoms with Crippen LogP contribution < -0.4 is 10.1 Å². The Morgan fingerprint density at radius 1 is 1.33 bits per heavy atom. The zero-order chi connectivity index (χ0) is 17.5. The number of nitrogens with one attached hydrogen (secondary N) is 1. The van der Waals surface area contributed by atoms with Gasteiger partial charge < -0.3 is 10.1 Å². The van der Waals surface area contributed by atoms with Crippen molar-refractivity contribution in [3.63, 3.8) is 0 Å². The van der Waals surface area contributed by atoms with Crippen molar-refractivity contribution < 1.29 is 9.53 Å². The monoisotopic (exact) mass is 349 g/mol. The first kappa shape index (κ1) is 18.3. The zero-order valence-electron chi connectivity index (χ0n) is 14.4. The van der Waals surface area contributed by atoms with Crippen molar-refractivity contribution in [1.29, 1.82) is 0 Å². The first-order valence-electron chi connectivity index (χ1n) is 7.95. The van der Waals surface area contributed by atoms with Gasteiger partial charge in [0.05, 0.1) is 12.4 Å². The summed E-state index contributed by atoms with van der Waals surface area (Å²) in [5, 5.41) is 15.3. The minimum absolute atomic E-state index is 0.0335. The molecular formula is C16H23N5O2S. The largest absolute Gasteiger partial charge is 0.492 e. The number of benzene rings is 1. The third kappa shape index (κ3) is 4.70. The predicted molar refractivity (Wildman–Crippen MR) is 93.5 cm³/mol. The van der Waals surface area contributed by atoms with Crippen LogP contribution in [-0.4, -0.2) is 44.5 Å². The number of thioether (sulfide) groups is 1. The van der Waals surface area contributed by atoms with Crippen molar-refractivity contribution in [2.24, 2.45) is 5.92 Å². The summed E-state index contributed by atoms with van der Waals surface area (Å²) >= 11 is 1.30. The van der Waals surface area contributed by atoms with Crippen LogP contribution in [0, 0.1) is 5.92 Å². The van der Waals surface area contributed by atoms with Crippen LogP contribution >= 0.6 is 11.8 Å². The van der Waals surface area contributed by atoms with Crippen molar-refractivity contribution in [2.45, 2.75) is 38.9 Å². The number of amides is 1. The molecule has 2 aromatic rings. The van der Waals surface area contributed by atoms with E-state index < -0.39 is 0 Å². The number of ether oxygens (including phenoxy) is 1. The second-order valence-electron chi connectivity index (χ2n) is 5.66. The van der Waals surface area contributed by atoms with Gasteiger partial charge in [-0.05, 0) is 42.3 Å². The fraction of sp³-hybridized carbons (Fsp3) is 0.500. The molecule has 0 saturated heterocycles. The van der Waals surface area contributed by atoms with Gasteiger partial charge in [0.1, 0.15) is 11.4 Å². The molecule has 1 aromatic carbocycles. The lowest BCUT2D eigenvalue weighted by Gasteiger charge is -2.17. The van der Waals surface area contributed by atoms with E-state index >= 15 is 0 Å². The zero-order valence-corrected chi connectivity index (χ0v) is 15.2. The number of aromatic nitrogens is 4. The fourth-order valence-electron chi connectivity index (χ4n) is 1.92. The lowest BCUT2D eigenvalue weighted by molar-refractivity contribution is -0.119. The number of hydrogen-bond donors (Lipinski definition) is 1. The second kappa shape index (κ2) is 8.68. The fourth-order valence-corrected chi connectivity index (χ4v) is 2.62. The third-order valence-electron chi connectivity index (χ3n) is 3.56. The molecule has 7 nitrogen and oxygen atoms in total. The van der Waals surface area contributed by atoms with Crippen molar-refractivity contribution >= 4 is 17.7 Å². The van der Waals surface area contributed by atoms with Crippen LogP contribution in [0.25, 0.3) is 5.69 Å². The standard InChI is InChI=1S/C16H23N5O2S/c1-5-23-14-9-7-6-8-13(14)21-16(18-19-20-21)24-10-15(22)17-12(4)11(2)3/h6-9,11-12H,5,10H2,1-4H3,(H,17,22)/t12-/m0/s1. The topological polar surface area (TPSA) is 81.9 Å². The molecule has 0 spiro atoms. The number of nitrogens with zero attached hydrogens (tertiary/aromatic N) is 4. The van der Waals surface area contributed by atoms with Gasteiger partial charge in [-0.1, -0.05) is 37.7 Å². The molecule has 0 radical (unpaired) electrons. The highest BCUT2D eigenvalue weighted by molar-refractivity contribution is 7.99. The Hall–Kier alpha value is -2.09. The van der Waals surface area contributed by atoms with Crippen LogP contribution in [0.5, 0.6) is 5.75 Å². The average molecular weight is 349 g/mol. The molecule has 24 heavy (non-hydrogen) atoms. The van der Waals surface area contributed by atoms with Gasteiger partial charge in [0, 0.05) is 6.04 Å². The van der Waals surface area contributed by atoms with Gasteiger partial charge in [0.25, 0.3) is 0 Å². The summed E-state index contributed by atoms with van der Waals surface area (Å²) in [6.45, 7) is 8.62. The van der Waals surface area contributed by atoms with Crippen LogP contribution in [0.2, 0.25) is 0 Å². The van der Waals surface area contributed by atoms with E-state index in [0.717, 1.165) is 5.69 Å². The molecule has 1 amide bonds. The summed E-state index contributed by atoms with van der Waals surface area (Å²) in [4.78, 5) is 12.0. The summed E-state index contributed by atoms with van der Waals surface area (Å²) < 4.78 is 7.21. The highest BCUT2D eigenvalue weighted by atomic mass is 32.2. The first-order valence-corrected chi connectivity index (χ1v) is 8.94. The minimum atomic E-state index is -0.0335. The maximum absolute atomic E-state index is 12.0. The molecule has 1 N–H and O–H groups in total. The molecule has 1 atom stereocenters. The van der Waals surface area contributed by atoms with Crippen LogP contribution in [-0.2, 0) is 4.79 Å². The van der Waals surface area contributed by atoms with E-state index in [9.17, 15) is 4.79 Å².